The van der Waals surface area contributed by atoms with Gasteiger partial charge >= 0.3 is 5.97 Å². The molecule has 0 radical (unpaired) electrons. The van der Waals surface area contributed by atoms with Crippen molar-refractivity contribution in [1.29, 1.82) is 0 Å². The monoisotopic (exact) mass is 504 g/mol. The number of anilines is 1. The summed E-state index contributed by atoms with van der Waals surface area (Å²) in [6, 6.07) is 14.8. The number of ether oxygens (including phenoxy) is 1. The molecule has 3 aromatic heterocycles. The molecule has 0 aliphatic rings. The Hall–Kier alpha value is -3.89. The molecule has 10 heteroatoms. The molecule has 0 atom stereocenters. The molecule has 176 valence electrons. The number of hydrogen-bond donors (Lipinski definition) is 1. The van der Waals surface area contributed by atoms with Gasteiger partial charge in [0.05, 0.1) is 26.9 Å². The fraction of sp³-hybridized carbons (Fsp3) is 0.160. The fourth-order valence-corrected chi connectivity index (χ4v) is 5.63. The number of amides is 1. The molecule has 2 aromatic carbocycles. The highest BCUT2D eigenvalue weighted by Crippen LogP contribution is 2.28. The van der Waals surface area contributed by atoms with Crippen molar-refractivity contribution >= 4 is 60.7 Å². The molecule has 1 N–H and O–H groups in total. The molecular weight excluding hydrogens is 484 g/mol. The third-order valence-corrected chi connectivity index (χ3v) is 7.52. The van der Waals surface area contributed by atoms with E-state index in [0.29, 0.717) is 26.3 Å². The van der Waals surface area contributed by atoms with Gasteiger partial charge in [0.2, 0.25) is 5.91 Å². The number of nitrogens with one attached hydrogen (secondary N) is 1. The maximum absolute atomic E-state index is 13.1. The molecule has 0 saturated carbocycles. The van der Waals surface area contributed by atoms with E-state index in [1.54, 1.807) is 24.3 Å². The van der Waals surface area contributed by atoms with Crippen LogP contribution < -0.4 is 10.9 Å². The molecule has 5 rings (SSSR count). The van der Waals surface area contributed by atoms with Gasteiger partial charge in [-0.3, -0.25) is 14.2 Å². The molecular formula is C25H20N4O4S2. The highest BCUT2D eigenvalue weighted by atomic mass is 32.1. The quantitative estimate of drug-likeness (QED) is 0.337. The van der Waals surface area contributed by atoms with Gasteiger partial charge in [-0.2, -0.15) is 0 Å². The zero-order valence-electron chi connectivity index (χ0n) is 18.9. The predicted molar refractivity (Wildman–Crippen MR) is 137 cm³/mol. The standard InChI is InChI=1S/C25H20N4O4S2/c1-14-21-23(35-22(14)25(32)33-12-16-6-4-3-5-7-16)26-13-29(24(21)31)11-20(30)28-17-8-9-18-19(10-17)34-15(2)27-18/h3-10,13H,11-12H2,1-2H3,(H,28,30). The summed E-state index contributed by atoms with van der Waals surface area (Å²) in [7, 11) is 0. The summed E-state index contributed by atoms with van der Waals surface area (Å²) >= 11 is 2.66. The number of thiophene rings is 1. The van der Waals surface area contributed by atoms with E-state index in [4.69, 9.17) is 4.74 Å². The smallest absolute Gasteiger partial charge is 0.349 e. The first kappa shape index (κ1) is 22.9. The Kier molecular flexibility index (Phi) is 6.14. The second kappa shape index (κ2) is 9.40. The van der Waals surface area contributed by atoms with Crippen LogP contribution in [0.25, 0.3) is 20.4 Å². The van der Waals surface area contributed by atoms with Gasteiger partial charge < -0.3 is 10.1 Å². The third-order valence-electron chi connectivity index (χ3n) is 5.41. The van der Waals surface area contributed by atoms with E-state index >= 15 is 0 Å². The topological polar surface area (TPSA) is 103 Å². The van der Waals surface area contributed by atoms with Gasteiger partial charge in [0.15, 0.2) is 0 Å². The van der Waals surface area contributed by atoms with E-state index in [-0.39, 0.29) is 24.6 Å². The molecule has 5 aromatic rings. The lowest BCUT2D eigenvalue weighted by molar-refractivity contribution is -0.116. The number of carbonyl (C=O) groups excluding carboxylic acids is 2. The maximum Gasteiger partial charge on any atom is 0.349 e. The number of fused-ring (bicyclic) bond motifs is 2. The van der Waals surface area contributed by atoms with Crippen LogP contribution in [-0.4, -0.2) is 26.4 Å². The van der Waals surface area contributed by atoms with Crippen LogP contribution in [0.15, 0.2) is 59.7 Å². The summed E-state index contributed by atoms with van der Waals surface area (Å²) in [4.78, 5) is 47.9. The van der Waals surface area contributed by atoms with Crippen LogP contribution in [0, 0.1) is 13.8 Å². The lowest BCUT2D eigenvalue weighted by atomic mass is 10.2. The van der Waals surface area contributed by atoms with Crippen LogP contribution in [0.1, 0.15) is 25.8 Å². The number of carbonyl (C=O) groups is 2. The van der Waals surface area contributed by atoms with Gasteiger partial charge in [0.25, 0.3) is 5.56 Å². The van der Waals surface area contributed by atoms with Crippen molar-refractivity contribution in [2.24, 2.45) is 0 Å². The summed E-state index contributed by atoms with van der Waals surface area (Å²) in [6.45, 7) is 3.56. The summed E-state index contributed by atoms with van der Waals surface area (Å²) in [5.74, 6) is -0.865. The Morgan fingerprint density at radius 2 is 1.89 bits per heavy atom. The van der Waals surface area contributed by atoms with E-state index in [1.165, 1.54) is 10.9 Å². The number of aryl methyl sites for hydroxylation is 2. The minimum atomic E-state index is -0.508. The molecule has 0 spiro atoms. The summed E-state index contributed by atoms with van der Waals surface area (Å²) in [5.41, 5.74) is 2.50. The highest BCUT2D eigenvalue weighted by Gasteiger charge is 2.21. The first-order chi connectivity index (χ1) is 16.9. The van der Waals surface area contributed by atoms with Crippen LogP contribution in [0.3, 0.4) is 0 Å². The van der Waals surface area contributed by atoms with Gasteiger partial charge in [0.1, 0.15) is 22.9 Å². The van der Waals surface area contributed by atoms with Crippen molar-refractivity contribution in [3.05, 3.63) is 86.2 Å². The molecule has 1 amide bonds. The van der Waals surface area contributed by atoms with E-state index in [2.05, 4.69) is 15.3 Å². The summed E-state index contributed by atoms with van der Waals surface area (Å²) in [5, 5.41) is 4.08. The fourth-order valence-electron chi connectivity index (χ4n) is 3.73. The molecule has 0 bridgehead atoms. The largest absolute Gasteiger partial charge is 0.457 e. The SMILES string of the molecule is Cc1nc2ccc(NC(=O)Cn3cnc4sc(C(=O)OCc5ccccc5)c(C)c4c3=O)cc2s1. The zero-order chi connectivity index (χ0) is 24.5. The number of hydrogen-bond acceptors (Lipinski definition) is 8. The summed E-state index contributed by atoms with van der Waals surface area (Å²) < 4.78 is 7.64. The molecule has 0 aliphatic heterocycles. The van der Waals surface area contributed by atoms with Gasteiger partial charge in [-0.15, -0.1) is 22.7 Å². The number of aromatic nitrogens is 3. The minimum absolute atomic E-state index is 0.137. The molecule has 0 unspecified atom stereocenters. The zero-order valence-corrected chi connectivity index (χ0v) is 20.5. The second-order valence-corrected chi connectivity index (χ2v) is 10.2. The van der Waals surface area contributed by atoms with Crippen molar-refractivity contribution in [3.63, 3.8) is 0 Å². The van der Waals surface area contributed by atoms with Gasteiger partial charge in [-0.25, -0.2) is 14.8 Å². The van der Waals surface area contributed by atoms with Crippen LogP contribution in [-0.2, 0) is 22.7 Å². The van der Waals surface area contributed by atoms with Crippen LogP contribution in [0.5, 0.6) is 0 Å². The first-order valence-electron chi connectivity index (χ1n) is 10.8. The Morgan fingerprint density at radius 1 is 1.09 bits per heavy atom. The van der Waals surface area contributed by atoms with E-state index in [0.717, 1.165) is 32.1 Å². The lowest BCUT2D eigenvalue weighted by Gasteiger charge is -2.07. The average molecular weight is 505 g/mol. The normalized spacial score (nSPS) is 11.1. The maximum atomic E-state index is 13.1. The van der Waals surface area contributed by atoms with Gasteiger partial charge in [-0.05, 0) is 43.2 Å². The van der Waals surface area contributed by atoms with Gasteiger partial charge in [0, 0.05) is 5.69 Å². The number of benzene rings is 2. The number of esters is 1. The van der Waals surface area contributed by atoms with Crippen molar-refractivity contribution in [3.8, 4) is 0 Å². The van der Waals surface area contributed by atoms with Crippen molar-refractivity contribution in [2.45, 2.75) is 27.0 Å². The Morgan fingerprint density at radius 3 is 2.69 bits per heavy atom. The third kappa shape index (κ3) is 4.71. The van der Waals surface area contributed by atoms with Gasteiger partial charge in [-0.1, -0.05) is 30.3 Å². The molecule has 0 fully saturated rings. The minimum Gasteiger partial charge on any atom is -0.457 e. The van der Waals surface area contributed by atoms with E-state index in [1.807, 2.05) is 49.4 Å². The second-order valence-electron chi connectivity index (χ2n) is 7.94. The first-order valence-corrected chi connectivity index (χ1v) is 12.4. The average Bonchev–Trinajstić information content (AvgIpc) is 3.38. The van der Waals surface area contributed by atoms with Crippen molar-refractivity contribution in [2.75, 3.05) is 5.32 Å². The number of thiazole rings is 1. The summed E-state index contributed by atoms with van der Waals surface area (Å²) in [6.07, 6.45) is 1.33. The Bertz CT molecular complexity index is 1640. The Balaban J connectivity index is 1.33. The van der Waals surface area contributed by atoms with Crippen LogP contribution in [0.2, 0.25) is 0 Å². The molecule has 35 heavy (non-hydrogen) atoms. The number of nitrogens with zero attached hydrogens (tertiary/aromatic N) is 3. The lowest BCUT2D eigenvalue weighted by Crippen LogP contribution is -2.27. The van der Waals surface area contributed by atoms with Crippen LogP contribution in [0.4, 0.5) is 5.69 Å². The molecule has 8 nitrogen and oxygen atoms in total. The predicted octanol–water partition coefficient (Wildman–Crippen LogP) is 4.68. The Labute approximate surface area is 207 Å². The van der Waals surface area contributed by atoms with E-state index < -0.39 is 5.97 Å². The molecule has 3 heterocycles. The van der Waals surface area contributed by atoms with Crippen LogP contribution >= 0.6 is 22.7 Å². The number of rotatable bonds is 6. The van der Waals surface area contributed by atoms with Crippen molar-refractivity contribution in [1.82, 2.24) is 14.5 Å². The highest BCUT2D eigenvalue weighted by molar-refractivity contribution is 7.20. The van der Waals surface area contributed by atoms with E-state index in [9.17, 15) is 14.4 Å². The van der Waals surface area contributed by atoms with Crippen molar-refractivity contribution < 1.29 is 14.3 Å². The molecule has 0 saturated heterocycles. The molecule has 0 aliphatic carbocycles.